The minimum absolute atomic E-state index is 0.00986. The molecule has 0 saturated heterocycles. The van der Waals surface area contributed by atoms with Crippen molar-refractivity contribution in [3.05, 3.63) is 69.3 Å². The van der Waals surface area contributed by atoms with Crippen LogP contribution in [0.5, 0.6) is 5.75 Å². The average molecular weight is 588 g/mol. The molecule has 1 saturated carbocycles. The first-order chi connectivity index (χ1) is 19.9. The highest BCUT2D eigenvalue weighted by molar-refractivity contribution is 7.97. The highest BCUT2D eigenvalue weighted by Crippen LogP contribution is 2.61. The van der Waals surface area contributed by atoms with Gasteiger partial charge in [-0.25, -0.2) is 4.98 Å². The molecule has 0 unspecified atom stereocenters. The zero-order chi connectivity index (χ0) is 30.1. The Morgan fingerprint density at radius 2 is 1.79 bits per heavy atom. The number of ether oxygens (including phenoxy) is 2. The fraction of sp³-hybridized carbons (Fsp3) is 0.455. The van der Waals surface area contributed by atoms with Crippen LogP contribution in [0.1, 0.15) is 79.0 Å². The van der Waals surface area contributed by atoms with Gasteiger partial charge in [-0.2, -0.15) is 0 Å². The van der Waals surface area contributed by atoms with Crippen LogP contribution in [-0.2, 0) is 14.3 Å². The van der Waals surface area contributed by atoms with Crippen molar-refractivity contribution in [2.45, 2.75) is 71.3 Å². The minimum atomic E-state index is -0.627. The lowest BCUT2D eigenvalue weighted by molar-refractivity contribution is -0.133. The van der Waals surface area contributed by atoms with Crippen molar-refractivity contribution in [1.29, 1.82) is 0 Å². The fourth-order valence-electron chi connectivity index (χ4n) is 6.74. The monoisotopic (exact) mass is 587 g/mol. The third-order valence-corrected chi connectivity index (χ3v) is 9.95. The number of methoxy groups -OCH3 is 1. The molecule has 1 atom stereocenters. The number of benzene rings is 1. The van der Waals surface area contributed by atoms with Gasteiger partial charge in [0.2, 0.25) is 0 Å². The number of nitrogens with zero attached hydrogens (tertiary/aromatic N) is 2. The third-order valence-electron chi connectivity index (χ3n) is 9.56. The molecule has 1 N–H and O–H groups in total. The molecule has 2 aliphatic heterocycles. The molecule has 0 radical (unpaired) electrons. The molecule has 220 valence electrons. The number of likely N-dealkylation sites (N-methyl/N-ethyl adjacent to an activating group) is 1. The van der Waals surface area contributed by atoms with Crippen molar-refractivity contribution >= 4 is 29.5 Å². The van der Waals surface area contributed by atoms with Gasteiger partial charge in [0.15, 0.2) is 5.78 Å². The third kappa shape index (κ3) is 4.44. The number of hydrogen-bond donors (Lipinski definition) is 1. The lowest BCUT2D eigenvalue weighted by atomic mass is 9.69. The summed E-state index contributed by atoms with van der Waals surface area (Å²) in [7, 11) is 3.42. The fourth-order valence-corrected chi connectivity index (χ4v) is 7.02. The number of aromatic nitrogens is 1. The summed E-state index contributed by atoms with van der Waals surface area (Å²) in [5.74, 6) is 0.955. The number of ketones is 1. The molecule has 1 spiro atoms. The molecule has 2 aromatic rings. The summed E-state index contributed by atoms with van der Waals surface area (Å²) < 4.78 is 15.2. The SMILES string of the molecule is COc1ccc(-c2ccc(C)c(C(=O)NSC)n2)c(C)c1[C@H]1C2=C(CC3(CC3)CC2=O)OC2=C1C(=O)N(C)C(C)(C)C2. The average Bonchev–Trinajstić information content (AvgIpc) is 3.68. The van der Waals surface area contributed by atoms with Gasteiger partial charge in [0, 0.05) is 54.8 Å². The van der Waals surface area contributed by atoms with Crippen molar-refractivity contribution in [2.75, 3.05) is 20.4 Å². The number of amides is 2. The summed E-state index contributed by atoms with van der Waals surface area (Å²) in [6.07, 6.45) is 5.56. The molecular formula is C33H37N3O5S. The van der Waals surface area contributed by atoms with Crippen molar-refractivity contribution in [3.63, 3.8) is 0 Å². The van der Waals surface area contributed by atoms with Gasteiger partial charge in [0.1, 0.15) is 23.0 Å². The smallest absolute Gasteiger partial charge is 0.279 e. The highest BCUT2D eigenvalue weighted by Gasteiger charge is 2.55. The van der Waals surface area contributed by atoms with E-state index >= 15 is 0 Å². The Kier molecular flexibility index (Phi) is 6.79. The maximum atomic E-state index is 14.1. The molecule has 6 rings (SSSR count). The van der Waals surface area contributed by atoms with Crippen LogP contribution in [0.25, 0.3) is 11.3 Å². The number of Topliss-reactive ketones (excluding diaryl/α,β-unsaturated/α-hetero) is 1. The van der Waals surface area contributed by atoms with Gasteiger partial charge in [-0.1, -0.05) is 18.0 Å². The molecule has 42 heavy (non-hydrogen) atoms. The number of nitrogens with one attached hydrogen (secondary N) is 1. The zero-order valence-corrected chi connectivity index (χ0v) is 26.1. The predicted molar refractivity (Wildman–Crippen MR) is 162 cm³/mol. The number of aryl methyl sites for hydroxylation is 1. The quantitative estimate of drug-likeness (QED) is 0.443. The lowest BCUT2D eigenvalue weighted by Gasteiger charge is -2.46. The maximum absolute atomic E-state index is 14.1. The molecule has 1 fully saturated rings. The van der Waals surface area contributed by atoms with E-state index in [1.165, 1.54) is 11.9 Å². The molecule has 0 bridgehead atoms. The van der Waals surface area contributed by atoms with Crippen molar-refractivity contribution in [1.82, 2.24) is 14.6 Å². The summed E-state index contributed by atoms with van der Waals surface area (Å²) in [6, 6.07) is 7.58. The molecule has 1 aromatic heterocycles. The van der Waals surface area contributed by atoms with Crippen LogP contribution in [-0.4, -0.2) is 53.4 Å². The van der Waals surface area contributed by atoms with Crippen LogP contribution in [0.15, 0.2) is 46.9 Å². The van der Waals surface area contributed by atoms with E-state index in [4.69, 9.17) is 14.5 Å². The van der Waals surface area contributed by atoms with Crippen LogP contribution >= 0.6 is 11.9 Å². The predicted octanol–water partition coefficient (Wildman–Crippen LogP) is 5.79. The number of rotatable bonds is 5. The zero-order valence-electron chi connectivity index (χ0n) is 25.3. The first-order valence-corrected chi connectivity index (χ1v) is 15.6. The molecule has 2 amide bonds. The van der Waals surface area contributed by atoms with E-state index in [2.05, 4.69) is 4.72 Å². The summed E-state index contributed by atoms with van der Waals surface area (Å²) in [5, 5.41) is 0. The Bertz CT molecular complexity index is 1620. The van der Waals surface area contributed by atoms with Gasteiger partial charge in [-0.3, -0.25) is 19.1 Å². The first-order valence-electron chi connectivity index (χ1n) is 14.4. The Balaban J connectivity index is 1.58. The Morgan fingerprint density at radius 3 is 2.45 bits per heavy atom. The summed E-state index contributed by atoms with van der Waals surface area (Å²) in [4.78, 5) is 47.3. The second-order valence-corrected chi connectivity index (χ2v) is 13.3. The molecule has 1 aromatic carbocycles. The molecule has 4 aliphatic rings. The second-order valence-electron chi connectivity index (χ2n) is 12.7. The van der Waals surface area contributed by atoms with Crippen molar-refractivity contribution in [2.24, 2.45) is 5.41 Å². The van der Waals surface area contributed by atoms with Crippen LogP contribution in [0.3, 0.4) is 0 Å². The number of hydrogen-bond acceptors (Lipinski definition) is 7. The lowest BCUT2D eigenvalue weighted by Crippen LogP contribution is -2.51. The van der Waals surface area contributed by atoms with E-state index in [0.29, 0.717) is 59.1 Å². The summed E-state index contributed by atoms with van der Waals surface area (Å²) in [6.45, 7) is 7.90. The minimum Gasteiger partial charge on any atom is -0.496 e. The van der Waals surface area contributed by atoms with Gasteiger partial charge in [-0.05, 0) is 75.3 Å². The first kappa shape index (κ1) is 28.5. The normalized spacial score (nSPS) is 22.1. The topological polar surface area (TPSA) is 97.8 Å². The Morgan fingerprint density at radius 1 is 1.07 bits per heavy atom. The van der Waals surface area contributed by atoms with E-state index in [1.54, 1.807) is 18.3 Å². The molecule has 8 nitrogen and oxygen atoms in total. The van der Waals surface area contributed by atoms with Gasteiger partial charge >= 0.3 is 0 Å². The van der Waals surface area contributed by atoms with Crippen LogP contribution < -0.4 is 9.46 Å². The molecular weight excluding hydrogens is 550 g/mol. The second kappa shape index (κ2) is 10.0. The summed E-state index contributed by atoms with van der Waals surface area (Å²) in [5.41, 5.74) is 4.79. The standard InChI is InChI=1S/C33H37N3O5S/c1-17-8-10-20(34-29(17)30(38)35-42-7)19-9-11-22(40-6)25(18(19)2)28-26-21(37)14-33(12-13-33)16-24(26)41-23-15-32(3,4)36(5)31(39)27(23)28/h8-11,28H,12-16H2,1-7H3,(H,35,38)/t28-/m0/s1. The molecule has 2 aliphatic carbocycles. The number of pyridine rings is 1. The van der Waals surface area contributed by atoms with Crippen LogP contribution in [0.2, 0.25) is 0 Å². The molecule has 3 heterocycles. The largest absolute Gasteiger partial charge is 0.496 e. The van der Waals surface area contributed by atoms with E-state index < -0.39 is 11.5 Å². The van der Waals surface area contributed by atoms with Gasteiger partial charge < -0.3 is 14.4 Å². The number of carbonyl (C=O) groups is 3. The van der Waals surface area contributed by atoms with E-state index in [0.717, 1.165) is 35.1 Å². The van der Waals surface area contributed by atoms with Crippen LogP contribution in [0, 0.1) is 19.3 Å². The van der Waals surface area contributed by atoms with E-state index in [-0.39, 0.29) is 23.0 Å². The number of carbonyl (C=O) groups excluding carboxylic acids is 3. The molecule has 9 heteroatoms. The van der Waals surface area contributed by atoms with Gasteiger partial charge in [0.05, 0.1) is 24.3 Å². The Hall–Kier alpha value is -3.59. The Labute approximate surface area is 251 Å². The van der Waals surface area contributed by atoms with Gasteiger partial charge in [0.25, 0.3) is 11.8 Å². The highest BCUT2D eigenvalue weighted by atomic mass is 32.2. The van der Waals surface area contributed by atoms with Crippen LogP contribution in [0.4, 0.5) is 0 Å². The summed E-state index contributed by atoms with van der Waals surface area (Å²) >= 11 is 1.22. The number of allylic oxidation sites excluding steroid dienone is 2. The van der Waals surface area contributed by atoms with Gasteiger partial charge in [-0.15, -0.1) is 0 Å². The van der Waals surface area contributed by atoms with Crippen molar-refractivity contribution in [3.8, 4) is 17.0 Å². The van der Waals surface area contributed by atoms with E-state index in [9.17, 15) is 14.4 Å². The van der Waals surface area contributed by atoms with Crippen molar-refractivity contribution < 1.29 is 23.9 Å². The maximum Gasteiger partial charge on any atom is 0.279 e. The van der Waals surface area contributed by atoms with E-state index in [1.807, 2.05) is 59.0 Å².